The van der Waals surface area contributed by atoms with Gasteiger partial charge in [0.2, 0.25) is 0 Å². The summed E-state index contributed by atoms with van der Waals surface area (Å²) in [7, 11) is 1.42. The number of aromatic nitrogens is 1. The summed E-state index contributed by atoms with van der Waals surface area (Å²) < 4.78 is 5.11. The van der Waals surface area contributed by atoms with E-state index in [0.717, 1.165) is 0 Å². The first-order chi connectivity index (χ1) is 8.19. The van der Waals surface area contributed by atoms with E-state index in [1.807, 2.05) is 6.07 Å². The maximum absolute atomic E-state index is 11.1. The van der Waals surface area contributed by atoms with Gasteiger partial charge in [0.05, 0.1) is 18.2 Å². The Morgan fingerprint density at radius 3 is 2.94 bits per heavy atom. The van der Waals surface area contributed by atoms with E-state index in [1.54, 1.807) is 12.1 Å². The first-order valence-electron chi connectivity index (χ1n) is 4.78. The first-order valence-corrected chi connectivity index (χ1v) is 4.78. The van der Waals surface area contributed by atoms with Gasteiger partial charge in [-0.1, -0.05) is 6.07 Å². The van der Waals surface area contributed by atoms with E-state index in [2.05, 4.69) is 4.98 Å². The van der Waals surface area contributed by atoms with Gasteiger partial charge in [-0.05, 0) is 12.1 Å². The van der Waals surface area contributed by atoms with Gasteiger partial charge in [0, 0.05) is 11.6 Å². The minimum Gasteiger partial charge on any atom is -0.493 e. The van der Waals surface area contributed by atoms with Crippen LogP contribution in [0.2, 0.25) is 0 Å². The second kappa shape index (κ2) is 4.10. The van der Waals surface area contributed by atoms with E-state index in [9.17, 15) is 4.79 Å². The summed E-state index contributed by atoms with van der Waals surface area (Å²) in [6.45, 7) is 0. The van der Waals surface area contributed by atoms with E-state index in [4.69, 9.17) is 15.1 Å². The molecule has 1 N–H and O–H groups in total. The maximum Gasteiger partial charge on any atom is 0.336 e. The Kier molecular flexibility index (Phi) is 2.63. The van der Waals surface area contributed by atoms with Crippen LogP contribution in [-0.4, -0.2) is 23.2 Å². The third kappa shape index (κ3) is 1.66. The van der Waals surface area contributed by atoms with Crippen LogP contribution in [0.4, 0.5) is 0 Å². The smallest absolute Gasteiger partial charge is 0.336 e. The summed E-state index contributed by atoms with van der Waals surface area (Å²) in [5, 5.41) is 18.5. The van der Waals surface area contributed by atoms with E-state index in [1.165, 1.54) is 19.4 Å². The van der Waals surface area contributed by atoms with Crippen molar-refractivity contribution in [3.8, 4) is 11.8 Å². The molecule has 0 amide bonds. The number of fused-ring (bicyclic) bond motifs is 1. The van der Waals surface area contributed by atoms with E-state index < -0.39 is 5.97 Å². The molecule has 1 aromatic carbocycles. The number of carboxylic acid groups (broad SMARTS) is 1. The molecular weight excluding hydrogens is 220 g/mol. The lowest BCUT2D eigenvalue weighted by Gasteiger charge is -2.08. The van der Waals surface area contributed by atoms with Gasteiger partial charge in [0.25, 0.3) is 0 Å². The quantitative estimate of drug-likeness (QED) is 0.847. The molecule has 0 fully saturated rings. The molecule has 5 nitrogen and oxygen atoms in total. The Bertz CT molecular complexity index is 644. The van der Waals surface area contributed by atoms with Crippen molar-refractivity contribution in [1.82, 2.24) is 4.98 Å². The molecule has 0 aliphatic carbocycles. The molecule has 0 atom stereocenters. The van der Waals surface area contributed by atoms with Gasteiger partial charge in [-0.25, -0.2) is 4.79 Å². The molecule has 2 aromatic rings. The van der Waals surface area contributed by atoms with E-state index in [-0.39, 0.29) is 11.1 Å². The van der Waals surface area contributed by atoms with Gasteiger partial charge in [0.1, 0.15) is 11.6 Å². The number of nitriles is 1. The average molecular weight is 228 g/mol. The van der Waals surface area contributed by atoms with Crippen molar-refractivity contribution >= 4 is 16.9 Å². The van der Waals surface area contributed by atoms with Crippen LogP contribution in [-0.2, 0) is 0 Å². The third-order valence-electron chi connectivity index (χ3n) is 2.40. The fourth-order valence-electron chi connectivity index (χ4n) is 1.69. The number of hydrogen-bond donors (Lipinski definition) is 1. The van der Waals surface area contributed by atoms with Crippen molar-refractivity contribution in [2.45, 2.75) is 0 Å². The van der Waals surface area contributed by atoms with Crippen molar-refractivity contribution in [3.63, 3.8) is 0 Å². The number of carboxylic acids is 1. The lowest BCUT2D eigenvalue weighted by atomic mass is 10.0. The highest BCUT2D eigenvalue weighted by molar-refractivity contribution is 6.05. The Morgan fingerprint density at radius 2 is 2.35 bits per heavy atom. The van der Waals surface area contributed by atoms with Gasteiger partial charge in [-0.3, -0.25) is 4.98 Å². The van der Waals surface area contributed by atoms with Crippen LogP contribution < -0.4 is 4.74 Å². The van der Waals surface area contributed by atoms with Gasteiger partial charge in [-0.15, -0.1) is 0 Å². The zero-order chi connectivity index (χ0) is 12.4. The number of carbonyl (C=O) groups is 1. The van der Waals surface area contributed by atoms with Crippen molar-refractivity contribution in [1.29, 1.82) is 5.26 Å². The number of benzene rings is 1. The summed E-state index contributed by atoms with van der Waals surface area (Å²) in [6, 6.07) is 6.48. The molecule has 17 heavy (non-hydrogen) atoms. The van der Waals surface area contributed by atoms with Crippen molar-refractivity contribution in [3.05, 3.63) is 35.5 Å². The fraction of sp³-hybridized carbons (Fsp3) is 0.0833. The van der Waals surface area contributed by atoms with Crippen LogP contribution in [0, 0.1) is 11.3 Å². The lowest BCUT2D eigenvalue weighted by molar-refractivity contribution is 0.0699. The average Bonchev–Trinajstić information content (AvgIpc) is 2.36. The van der Waals surface area contributed by atoms with Crippen LogP contribution in [0.5, 0.6) is 5.75 Å². The molecule has 1 heterocycles. The minimum absolute atomic E-state index is 0.0467. The van der Waals surface area contributed by atoms with E-state index >= 15 is 0 Å². The fourth-order valence-corrected chi connectivity index (χ4v) is 1.69. The zero-order valence-corrected chi connectivity index (χ0v) is 8.97. The number of nitrogens with zero attached hydrogens (tertiary/aromatic N) is 2. The van der Waals surface area contributed by atoms with Gasteiger partial charge in [-0.2, -0.15) is 5.26 Å². The highest BCUT2D eigenvalue weighted by atomic mass is 16.5. The molecule has 0 spiro atoms. The number of rotatable bonds is 2. The van der Waals surface area contributed by atoms with Crippen LogP contribution >= 0.6 is 0 Å². The first kappa shape index (κ1) is 10.9. The number of methoxy groups -OCH3 is 1. The molecule has 5 heteroatoms. The Hall–Kier alpha value is -2.61. The second-order valence-corrected chi connectivity index (χ2v) is 3.32. The monoisotopic (exact) mass is 228 g/mol. The van der Waals surface area contributed by atoms with Crippen LogP contribution in [0.3, 0.4) is 0 Å². The maximum atomic E-state index is 11.1. The minimum atomic E-state index is -1.10. The predicted octanol–water partition coefficient (Wildman–Crippen LogP) is 1.81. The predicted molar refractivity (Wildman–Crippen MR) is 60.0 cm³/mol. The summed E-state index contributed by atoms with van der Waals surface area (Å²) >= 11 is 0. The number of ether oxygens (including phenoxy) is 1. The number of pyridine rings is 1. The van der Waals surface area contributed by atoms with Crippen LogP contribution in [0.1, 0.15) is 15.9 Å². The van der Waals surface area contributed by atoms with Gasteiger partial charge >= 0.3 is 5.97 Å². The Balaban J connectivity index is 2.96. The molecule has 0 unspecified atom stereocenters. The molecule has 0 bridgehead atoms. The molecule has 0 aliphatic rings. The largest absolute Gasteiger partial charge is 0.493 e. The summed E-state index contributed by atoms with van der Waals surface area (Å²) in [5.74, 6) is -0.796. The van der Waals surface area contributed by atoms with Crippen molar-refractivity contribution < 1.29 is 14.6 Å². The number of hydrogen-bond acceptors (Lipinski definition) is 4. The van der Waals surface area contributed by atoms with Crippen molar-refractivity contribution in [2.75, 3.05) is 7.11 Å². The molecule has 2 rings (SSSR count). The van der Waals surface area contributed by atoms with Crippen LogP contribution in [0.15, 0.2) is 24.4 Å². The standard InChI is InChI=1S/C12H8N2O3/c1-17-11-7(6-13)5-9(12(15)16)8-3-2-4-14-10(8)11/h2-5H,1H3,(H,15,16). The molecule has 0 radical (unpaired) electrons. The Morgan fingerprint density at radius 1 is 1.59 bits per heavy atom. The zero-order valence-electron chi connectivity index (χ0n) is 8.97. The highest BCUT2D eigenvalue weighted by Crippen LogP contribution is 2.30. The summed E-state index contributed by atoms with van der Waals surface area (Å²) in [4.78, 5) is 15.2. The summed E-state index contributed by atoms with van der Waals surface area (Å²) in [5.41, 5.74) is 0.591. The molecule has 84 valence electrons. The topological polar surface area (TPSA) is 83.2 Å². The molecule has 0 saturated heterocycles. The molecule has 1 aromatic heterocycles. The SMILES string of the molecule is COc1c(C#N)cc(C(=O)O)c2cccnc12. The van der Waals surface area contributed by atoms with Crippen molar-refractivity contribution in [2.24, 2.45) is 0 Å². The summed E-state index contributed by atoms with van der Waals surface area (Å²) in [6.07, 6.45) is 1.53. The second-order valence-electron chi connectivity index (χ2n) is 3.32. The number of aromatic carboxylic acids is 1. The van der Waals surface area contributed by atoms with Gasteiger partial charge in [0.15, 0.2) is 5.75 Å². The van der Waals surface area contributed by atoms with Crippen LogP contribution in [0.25, 0.3) is 10.9 Å². The lowest BCUT2D eigenvalue weighted by Crippen LogP contribution is -2.01. The third-order valence-corrected chi connectivity index (χ3v) is 2.40. The van der Waals surface area contributed by atoms with Gasteiger partial charge < -0.3 is 9.84 Å². The molecular formula is C12H8N2O3. The normalized spacial score (nSPS) is 9.88. The Labute approximate surface area is 96.9 Å². The molecule has 0 saturated carbocycles. The molecule has 0 aliphatic heterocycles. The highest BCUT2D eigenvalue weighted by Gasteiger charge is 2.17. The van der Waals surface area contributed by atoms with E-state index in [0.29, 0.717) is 16.7 Å².